The van der Waals surface area contributed by atoms with Gasteiger partial charge in [-0.25, -0.2) is 13.8 Å². The molecule has 2 aliphatic carbocycles. The Hall–Kier alpha value is -3.66. The van der Waals surface area contributed by atoms with E-state index < -0.39 is 71.0 Å². The first kappa shape index (κ1) is 28.9. The maximum Gasteiger partial charge on any atom is 0.435 e. The van der Waals surface area contributed by atoms with Gasteiger partial charge in [0.2, 0.25) is 5.91 Å². The number of aromatic nitrogens is 3. The van der Waals surface area contributed by atoms with E-state index in [1.54, 1.807) is 19.1 Å². The summed E-state index contributed by atoms with van der Waals surface area (Å²) < 4.78 is 99.5. The van der Waals surface area contributed by atoms with Crippen LogP contribution in [0.25, 0.3) is 0 Å². The topological polar surface area (TPSA) is 59.8 Å². The van der Waals surface area contributed by atoms with Crippen LogP contribution >= 0.6 is 15.9 Å². The second kappa shape index (κ2) is 10.3. The van der Waals surface area contributed by atoms with Crippen molar-refractivity contribution in [3.63, 3.8) is 0 Å². The number of hydrogen-bond donors (Lipinski definition) is 1. The molecule has 2 aromatic heterocycles. The van der Waals surface area contributed by atoms with Crippen LogP contribution < -0.4 is 5.32 Å². The first-order valence-electron chi connectivity index (χ1n) is 12.3. The minimum atomic E-state index is -4.98. The van der Waals surface area contributed by atoms with Crippen molar-refractivity contribution in [1.29, 1.82) is 0 Å². The zero-order valence-electron chi connectivity index (χ0n) is 21.2. The van der Waals surface area contributed by atoms with Crippen LogP contribution in [0.4, 0.5) is 30.7 Å². The van der Waals surface area contributed by atoms with Gasteiger partial charge in [-0.15, -0.1) is 0 Å². The van der Waals surface area contributed by atoms with Crippen molar-refractivity contribution in [2.45, 2.75) is 50.4 Å². The molecule has 41 heavy (non-hydrogen) atoms. The van der Waals surface area contributed by atoms with Gasteiger partial charge in [0, 0.05) is 22.0 Å². The molecule has 3 atom stereocenters. The number of benzene rings is 1. The van der Waals surface area contributed by atoms with Gasteiger partial charge in [-0.2, -0.15) is 27.1 Å². The number of carbonyl (C=O) groups excluding carboxylic acids is 1. The van der Waals surface area contributed by atoms with Gasteiger partial charge in [0.1, 0.15) is 29.6 Å². The molecule has 5 nitrogen and oxygen atoms in total. The van der Waals surface area contributed by atoms with E-state index in [4.69, 9.17) is 0 Å². The van der Waals surface area contributed by atoms with Crippen molar-refractivity contribution in [1.82, 2.24) is 20.1 Å². The summed E-state index contributed by atoms with van der Waals surface area (Å²) in [7, 11) is 0. The molecule has 1 aromatic carbocycles. The molecule has 2 heterocycles. The number of carbonyl (C=O) groups is 1. The number of nitrogens with zero attached hydrogens (tertiary/aromatic N) is 3. The number of nitrogens with one attached hydrogen (secondary N) is 1. The van der Waals surface area contributed by atoms with E-state index in [2.05, 4.69) is 49.7 Å². The average molecular weight is 641 g/mol. The Bertz CT molecular complexity index is 1620. The molecule has 0 aliphatic heterocycles. The molecule has 0 saturated heterocycles. The Morgan fingerprint density at radius 3 is 2.56 bits per heavy atom. The molecular formula is C28H20BrF7N4O. The number of allylic oxidation sites excluding steroid dienone is 1. The molecule has 0 spiro atoms. The van der Waals surface area contributed by atoms with Crippen LogP contribution in [0.2, 0.25) is 0 Å². The lowest BCUT2D eigenvalue weighted by atomic mass is 10.0. The predicted molar refractivity (Wildman–Crippen MR) is 137 cm³/mol. The molecule has 5 rings (SSSR count). The lowest BCUT2D eigenvalue weighted by Gasteiger charge is -2.21. The lowest BCUT2D eigenvalue weighted by Crippen LogP contribution is -2.35. The Labute approximate surface area is 238 Å². The summed E-state index contributed by atoms with van der Waals surface area (Å²) in [6.07, 6.45) is -5.27. The van der Waals surface area contributed by atoms with E-state index >= 15 is 0 Å². The molecule has 0 unspecified atom stereocenters. The van der Waals surface area contributed by atoms with Gasteiger partial charge in [0.15, 0.2) is 5.69 Å². The third kappa shape index (κ3) is 5.75. The normalized spacial score (nSPS) is 19.0. The van der Waals surface area contributed by atoms with Crippen LogP contribution in [0.15, 0.2) is 47.0 Å². The van der Waals surface area contributed by atoms with Crippen molar-refractivity contribution in [2.75, 3.05) is 0 Å². The molecular weight excluding hydrogens is 621 g/mol. The van der Waals surface area contributed by atoms with Gasteiger partial charge in [-0.3, -0.25) is 9.48 Å². The number of halogens is 8. The van der Waals surface area contributed by atoms with Crippen molar-refractivity contribution in [3.8, 4) is 11.8 Å². The van der Waals surface area contributed by atoms with E-state index in [1.807, 2.05) is 0 Å². The molecule has 214 valence electrons. The largest absolute Gasteiger partial charge is 0.435 e. The van der Waals surface area contributed by atoms with Crippen LogP contribution in [-0.2, 0) is 29.9 Å². The summed E-state index contributed by atoms with van der Waals surface area (Å²) in [4.78, 5) is 17.6. The molecule has 13 heteroatoms. The maximum absolute atomic E-state index is 14.9. The summed E-state index contributed by atoms with van der Waals surface area (Å²) in [6.45, 7) is 4.41. The SMILES string of the molecule is C=C(C)C#Cc1ccc(Br)c([C@H](Cc2cc(F)cc(F)c2)NC(=O)Cn2nc(C(F)(F)F)c3c2C(F)(F)[C@@H]2C[C@H]32)n1. The Morgan fingerprint density at radius 1 is 1.24 bits per heavy atom. The maximum atomic E-state index is 14.9. The smallest absolute Gasteiger partial charge is 0.346 e. The van der Waals surface area contributed by atoms with Crippen LogP contribution in [0.1, 0.15) is 59.2 Å². The molecule has 0 radical (unpaired) electrons. The third-order valence-corrected chi connectivity index (χ3v) is 7.47. The molecule has 1 fully saturated rings. The average Bonchev–Trinajstić information content (AvgIpc) is 3.50. The summed E-state index contributed by atoms with van der Waals surface area (Å²) in [5.74, 6) is -2.96. The van der Waals surface area contributed by atoms with E-state index in [0.717, 1.165) is 12.1 Å². The van der Waals surface area contributed by atoms with Crippen molar-refractivity contribution in [3.05, 3.63) is 92.5 Å². The van der Waals surface area contributed by atoms with Crippen LogP contribution in [0.5, 0.6) is 0 Å². The number of hydrogen-bond acceptors (Lipinski definition) is 3. The summed E-state index contributed by atoms with van der Waals surface area (Å²) >= 11 is 3.33. The van der Waals surface area contributed by atoms with E-state index in [9.17, 15) is 35.5 Å². The number of fused-ring (bicyclic) bond motifs is 3. The van der Waals surface area contributed by atoms with Gasteiger partial charge in [0.25, 0.3) is 5.92 Å². The first-order chi connectivity index (χ1) is 19.1. The minimum absolute atomic E-state index is 0.0858. The van der Waals surface area contributed by atoms with Crippen LogP contribution in [0, 0.1) is 29.4 Å². The summed E-state index contributed by atoms with van der Waals surface area (Å²) in [6, 6.07) is 4.82. The molecule has 2 aliphatic rings. The number of pyridine rings is 1. The second-order valence-corrected chi connectivity index (χ2v) is 10.9. The molecule has 1 N–H and O–H groups in total. The number of amides is 1. The highest BCUT2D eigenvalue weighted by Gasteiger charge is 2.68. The van der Waals surface area contributed by atoms with Crippen LogP contribution in [0.3, 0.4) is 0 Å². The Morgan fingerprint density at radius 2 is 1.93 bits per heavy atom. The standard InChI is InChI=1S/C28H20BrF7N4O/c1-13(2)3-4-17-5-6-20(29)24(37-17)21(9-14-7-15(30)10-16(31)8-14)38-22(41)12-40-26-23(25(39-40)28(34,35)36)18-11-19(18)27(26,32)33/h5-8,10,18-19,21H,1,9,11-12H2,2H3,(H,38,41)/t18-,19+,21-/m0/s1. The molecule has 1 amide bonds. The van der Waals surface area contributed by atoms with Crippen molar-refractivity contribution < 1.29 is 35.5 Å². The fourth-order valence-corrected chi connectivity index (χ4v) is 5.59. The zero-order valence-corrected chi connectivity index (χ0v) is 22.8. The van der Waals surface area contributed by atoms with E-state index in [-0.39, 0.29) is 29.8 Å². The summed E-state index contributed by atoms with van der Waals surface area (Å²) in [5.41, 5.74) is -1.77. The zero-order chi connectivity index (χ0) is 29.9. The van der Waals surface area contributed by atoms with Crippen molar-refractivity contribution in [2.24, 2.45) is 5.92 Å². The lowest BCUT2D eigenvalue weighted by molar-refractivity contribution is -0.142. The Balaban J connectivity index is 1.49. The van der Waals surface area contributed by atoms with Gasteiger partial charge in [0.05, 0.1) is 11.7 Å². The first-order valence-corrected chi connectivity index (χ1v) is 13.1. The van der Waals surface area contributed by atoms with Gasteiger partial charge >= 0.3 is 6.18 Å². The fraction of sp³-hybridized carbons (Fsp3) is 0.321. The third-order valence-electron chi connectivity index (χ3n) is 6.80. The fourth-order valence-electron chi connectivity index (χ4n) is 5.09. The number of alkyl halides is 5. The summed E-state index contributed by atoms with van der Waals surface area (Å²) in [5, 5.41) is 5.94. The molecule has 3 aromatic rings. The molecule has 0 bridgehead atoms. The van der Waals surface area contributed by atoms with E-state index in [1.165, 1.54) is 0 Å². The van der Waals surface area contributed by atoms with Gasteiger partial charge in [-0.05, 0) is 82.9 Å². The van der Waals surface area contributed by atoms with Crippen molar-refractivity contribution >= 4 is 21.8 Å². The quantitative estimate of drug-likeness (QED) is 0.245. The monoisotopic (exact) mass is 640 g/mol. The van der Waals surface area contributed by atoms with Gasteiger partial charge < -0.3 is 5.32 Å². The Kier molecular flexibility index (Phi) is 7.26. The highest BCUT2D eigenvalue weighted by atomic mass is 79.9. The number of rotatable bonds is 6. The van der Waals surface area contributed by atoms with Crippen LogP contribution in [-0.4, -0.2) is 20.7 Å². The second-order valence-electron chi connectivity index (χ2n) is 10.0. The predicted octanol–water partition coefficient (Wildman–Crippen LogP) is 6.57. The highest BCUT2D eigenvalue weighted by molar-refractivity contribution is 9.10. The highest BCUT2D eigenvalue weighted by Crippen LogP contribution is 2.68. The van der Waals surface area contributed by atoms with Gasteiger partial charge in [-0.1, -0.05) is 12.5 Å². The van der Waals surface area contributed by atoms with E-state index in [0.29, 0.717) is 20.8 Å². The minimum Gasteiger partial charge on any atom is -0.346 e. The molecule has 1 saturated carbocycles.